The van der Waals surface area contributed by atoms with Crippen LogP contribution in [0.15, 0.2) is 54.2 Å². The van der Waals surface area contributed by atoms with Gasteiger partial charge < -0.3 is 4.74 Å². The molecule has 2 heterocycles. The third kappa shape index (κ3) is 4.28. The molecule has 132 valence electrons. The highest BCUT2D eigenvalue weighted by Gasteiger charge is 2.16. The molecule has 7 nitrogen and oxygen atoms in total. The van der Waals surface area contributed by atoms with Crippen LogP contribution in [0.1, 0.15) is 24.3 Å². The summed E-state index contributed by atoms with van der Waals surface area (Å²) in [5.74, 6) is -0.438. The number of nitrogens with zero attached hydrogens (tertiary/aromatic N) is 3. The van der Waals surface area contributed by atoms with Crippen LogP contribution >= 0.6 is 11.3 Å². The SMILES string of the molecule is C[C@H](OC(=O)Cc1csc(-c2cccnc2)n1)c1cccc([N+](=O)[O-])c1. The molecule has 0 radical (unpaired) electrons. The zero-order valence-corrected chi connectivity index (χ0v) is 14.7. The van der Waals surface area contributed by atoms with Crippen molar-refractivity contribution in [2.45, 2.75) is 19.4 Å². The number of nitro benzene ring substituents is 1. The van der Waals surface area contributed by atoms with E-state index in [0.717, 1.165) is 10.6 Å². The normalized spacial score (nSPS) is 11.7. The Kier molecular flexibility index (Phi) is 5.33. The first-order valence-corrected chi connectivity index (χ1v) is 8.69. The maximum atomic E-state index is 12.2. The number of carbonyl (C=O) groups excluding carboxylic acids is 1. The predicted molar refractivity (Wildman–Crippen MR) is 96.7 cm³/mol. The summed E-state index contributed by atoms with van der Waals surface area (Å²) in [5, 5.41) is 13.4. The molecule has 0 aliphatic heterocycles. The highest BCUT2D eigenvalue weighted by Crippen LogP contribution is 2.24. The van der Waals surface area contributed by atoms with Crippen molar-refractivity contribution < 1.29 is 14.5 Å². The number of hydrogen-bond donors (Lipinski definition) is 0. The second-order valence-corrected chi connectivity index (χ2v) is 6.40. The highest BCUT2D eigenvalue weighted by molar-refractivity contribution is 7.13. The molecular weight excluding hydrogens is 354 g/mol. The molecule has 0 spiro atoms. The van der Waals surface area contributed by atoms with Crippen molar-refractivity contribution in [3.8, 4) is 10.6 Å². The fourth-order valence-electron chi connectivity index (χ4n) is 2.36. The lowest BCUT2D eigenvalue weighted by atomic mass is 10.1. The third-order valence-electron chi connectivity index (χ3n) is 3.64. The molecule has 0 saturated heterocycles. The van der Waals surface area contributed by atoms with Crippen LogP contribution in [0, 0.1) is 10.1 Å². The van der Waals surface area contributed by atoms with Gasteiger partial charge in [0.2, 0.25) is 0 Å². The van der Waals surface area contributed by atoms with E-state index in [2.05, 4.69) is 9.97 Å². The molecule has 0 amide bonds. The third-order valence-corrected chi connectivity index (χ3v) is 4.58. The van der Waals surface area contributed by atoms with Crippen molar-refractivity contribution in [2.75, 3.05) is 0 Å². The molecule has 8 heteroatoms. The number of hydrogen-bond acceptors (Lipinski definition) is 7. The van der Waals surface area contributed by atoms with E-state index in [1.165, 1.54) is 23.5 Å². The molecule has 1 atom stereocenters. The number of non-ortho nitro benzene ring substituents is 1. The summed E-state index contributed by atoms with van der Waals surface area (Å²) in [6.45, 7) is 1.68. The zero-order chi connectivity index (χ0) is 18.5. The molecule has 0 aliphatic rings. The standard InChI is InChI=1S/C18H15N3O4S/c1-12(13-4-2-6-16(8-13)21(23)24)25-17(22)9-15-11-26-18(20-15)14-5-3-7-19-10-14/h2-8,10-12H,9H2,1H3/t12-/m0/s1. The summed E-state index contributed by atoms with van der Waals surface area (Å²) in [4.78, 5) is 31.0. The Morgan fingerprint density at radius 1 is 1.35 bits per heavy atom. The molecule has 26 heavy (non-hydrogen) atoms. The van der Waals surface area contributed by atoms with Crippen LogP contribution in [-0.2, 0) is 16.0 Å². The van der Waals surface area contributed by atoms with Crippen LogP contribution in [-0.4, -0.2) is 20.9 Å². The van der Waals surface area contributed by atoms with Crippen LogP contribution in [0.3, 0.4) is 0 Å². The molecule has 0 N–H and O–H groups in total. The molecule has 0 unspecified atom stereocenters. The van der Waals surface area contributed by atoms with Crippen molar-refractivity contribution in [3.05, 3.63) is 75.5 Å². The lowest BCUT2D eigenvalue weighted by molar-refractivity contribution is -0.385. The summed E-state index contributed by atoms with van der Waals surface area (Å²) >= 11 is 1.43. The number of rotatable bonds is 6. The van der Waals surface area contributed by atoms with Crippen molar-refractivity contribution in [1.29, 1.82) is 0 Å². The van der Waals surface area contributed by atoms with Gasteiger partial charge in [-0.25, -0.2) is 4.98 Å². The number of nitro groups is 1. The predicted octanol–water partition coefficient (Wildman–Crippen LogP) is 3.96. The van der Waals surface area contributed by atoms with Crippen LogP contribution in [0.4, 0.5) is 5.69 Å². The smallest absolute Gasteiger partial charge is 0.312 e. The number of ether oxygens (including phenoxy) is 1. The Balaban J connectivity index is 1.63. The van der Waals surface area contributed by atoms with Gasteiger partial charge in [0, 0.05) is 35.5 Å². The average Bonchev–Trinajstić information content (AvgIpc) is 3.10. The first kappa shape index (κ1) is 17.7. The lowest BCUT2D eigenvalue weighted by Gasteiger charge is -2.13. The largest absolute Gasteiger partial charge is 0.457 e. The minimum absolute atomic E-state index is 0.0361. The lowest BCUT2D eigenvalue weighted by Crippen LogP contribution is -2.11. The summed E-state index contributed by atoms with van der Waals surface area (Å²) in [5.41, 5.74) is 2.04. The Hall–Kier alpha value is -3.13. The first-order chi connectivity index (χ1) is 12.5. The number of benzene rings is 1. The minimum Gasteiger partial charge on any atom is -0.457 e. The number of carbonyl (C=O) groups is 1. The van der Waals surface area contributed by atoms with Gasteiger partial charge in [0.15, 0.2) is 0 Å². The van der Waals surface area contributed by atoms with E-state index < -0.39 is 17.0 Å². The van der Waals surface area contributed by atoms with Crippen LogP contribution in [0.25, 0.3) is 10.6 Å². The monoisotopic (exact) mass is 369 g/mol. The van der Waals surface area contributed by atoms with Crippen molar-refractivity contribution in [2.24, 2.45) is 0 Å². The maximum Gasteiger partial charge on any atom is 0.312 e. The average molecular weight is 369 g/mol. The van der Waals surface area contributed by atoms with Crippen LogP contribution in [0.5, 0.6) is 0 Å². The number of pyridine rings is 1. The molecular formula is C18H15N3O4S. The first-order valence-electron chi connectivity index (χ1n) is 7.81. The number of aromatic nitrogens is 2. The van der Waals surface area contributed by atoms with Crippen molar-refractivity contribution in [3.63, 3.8) is 0 Å². The van der Waals surface area contributed by atoms with E-state index in [4.69, 9.17) is 4.74 Å². The van der Waals surface area contributed by atoms with Gasteiger partial charge in [-0.05, 0) is 24.6 Å². The van der Waals surface area contributed by atoms with Crippen molar-refractivity contribution >= 4 is 23.0 Å². The summed E-state index contributed by atoms with van der Waals surface area (Å²) in [6, 6.07) is 9.78. The number of esters is 1. The van der Waals surface area contributed by atoms with Crippen LogP contribution < -0.4 is 0 Å². The summed E-state index contributed by atoms with van der Waals surface area (Å²) in [7, 11) is 0. The molecule has 0 bridgehead atoms. The van der Waals surface area contributed by atoms with Gasteiger partial charge in [-0.3, -0.25) is 19.9 Å². The topological polar surface area (TPSA) is 95.2 Å². The van der Waals surface area contributed by atoms with E-state index in [-0.39, 0.29) is 12.1 Å². The van der Waals surface area contributed by atoms with Gasteiger partial charge in [0.05, 0.1) is 17.0 Å². The molecule has 2 aromatic heterocycles. The van der Waals surface area contributed by atoms with Crippen LogP contribution in [0.2, 0.25) is 0 Å². The second-order valence-electron chi connectivity index (χ2n) is 5.55. The molecule has 1 aromatic carbocycles. The van der Waals surface area contributed by atoms with E-state index in [0.29, 0.717) is 11.3 Å². The fourth-order valence-corrected chi connectivity index (χ4v) is 3.17. The van der Waals surface area contributed by atoms with E-state index >= 15 is 0 Å². The Morgan fingerprint density at radius 3 is 2.92 bits per heavy atom. The molecule has 3 aromatic rings. The Morgan fingerprint density at radius 2 is 2.19 bits per heavy atom. The van der Waals surface area contributed by atoms with E-state index in [9.17, 15) is 14.9 Å². The highest BCUT2D eigenvalue weighted by atomic mass is 32.1. The van der Waals surface area contributed by atoms with Crippen molar-refractivity contribution in [1.82, 2.24) is 9.97 Å². The van der Waals surface area contributed by atoms with Gasteiger partial charge >= 0.3 is 5.97 Å². The maximum absolute atomic E-state index is 12.2. The van der Waals surface area contributed by atoms with Gasteiger partial charge in [-0.2, -0.15) is 0 Å². The Bertz CT molecular complexity index is 927. The van der Waals surface area contributed by atoms with E-state index in [1.54, 1.807) is 31.5 Å². The molecule has 3 rings (SSSR count). The summed E-state index contributed by atoms with van der Waals surface area (Å²) < 4.78 is 5.38. The zero-order valence-electron chi connectivity index (χ0n) is 13.9. The van der Waals surface area contributed by atoms with Gasteiger partial charge in [0.25, 0.3) is 5.69 Å². The minimum atomic E-state index is -0.584. The molecule has 0 fully saturated rings. The summed E-state index contributed by atoms with van der Waals surface area (Å²) in [6.07, 6.45) is 2.85. The number of thiazole rings is 1. The van der Waals surface area contributed by atoms with Gasteiger partial charge in [-0.1, -0.05) is 12.1 Å². The van der Waals surface area contributed by atoms with Gasteiger partial charge in [0.1, 0.15) is 11.1 Å². The fraction of sp³-hybridized carbons (Fsp3) is 0.167. The van der Waals surface area contributed by atoms with Gasteiger partial charge in [-0.15, -0.1) is 11.3 Å². The molecule has 0 aliphatic carbocycles. The quantitative estimate of drug-likeness (QED) is 0.371. The molecule has 0 saturated carbocycles. The Labute approximate surface area is 153 Å². The second kappa shape index (κ2) is 7.83. The van der Waals surface area contributed by atoms with E-state index in [1.807, 2.05) is 17.5 Å².